The number of rotatable bonds is 4. The highest BCUT2D eigenvalue weighted by Crippen LogP contribution is 2.18. The van der Waals surface area contributed by atoms with Gasteiger partial charge >= 0.3 is 0 Å². The van der Waals surface area contributed by atoms with Crippen LogP contribution in [0.4, 0.5) is 0 Å². The van der Waals surface area contributed by atoms with E-state index in [1.54, 1.807) is 0 Å². The Morgan fingerprint density at radius 3 is 2.88 bits per heavy atom. The standard InChI is InChI=1S/C11H10N4S/c12-7-4-8-16-11-13-10(14-15-11)9-5-2-1-3-6-9/h1-3,5-6H,4,8H2,(H,13,14,15). The molecular weight excluding hydrogens is 220 g/mol. The highest BCUT2D eigenvalue weighted by Gasteiger charge is 2.04. The molecule has 5 heteroatoms. The topological polar surface area (TPSA) is 65.4 Å². The van der Waals surface area contributed by atoms with E-state index in [4.69, 9.17) is 5.26 Å². The fourth-order valence-electron chi connectivity index (χ4n) is 1.22. The van der Waals surface area contributed by atoms with E-state index in [1.165, 1.54) is 11.8 Å². The van der Waals surface area contributed by atoms with Crippen LogP contribution in [0.25, 0.3) is 11.4 Å². The molecular formula is C11H10N4S. The molecule has 1 aromatic heterocycles. The third-order valence-electron chi connectivity index (χ3n) is 1.96. The Hall–Kier alpha value is -1.80. The molecule has 0 bridgehead atoms. The molecule has 0 fully saturated rings. The van der Waals surface area contributed by atoms with Gasteiger partial charge in [0.15, 0.2) is 5.82 Å². The first kappa shape index (κ1) is 10.7. The second-order valence-corrected chi connectivity index (χ2v) is 4.15. The van der Waals surface area contributed by atoms with Crippen LogP contribution in [0.3, 0.4) is 0 Å². The minimum Gasteiger partial charge on any atom is -0.258 e. The SMILES string of the molecule is N#CCCSc1n[nH]c(-c2ccccc2)n1. The fraction of sp³-hybridized carbons (Fsp3) is 0.182. The number of hydrogen-bond donors (Lipinski definition) is 1. The van der Waals surface area contributed by atoms with Crippen molar-refractivity contribution in [2.45, 2.75) is 11.6 Å². The number of H-pyrrole nitrogens is 1. The molecule has 2 rings (SSSR count). The summed E-state index contributed by atoms with van der Waals surface area (Å²) < 4.78 is 0. The van der Waals surface area contributed by atoms with Crippen molar-refractivity contribution < 1.29 is 0 Å². The van der Waals surface area contributed by atoms with Crippen molar-refractivity contribution in [1.82, 2.24) is 15.2 Å². The normalized spacial score (nSPS) is 9.94. The lowest BCUT2D eigenvalue weighted by molar-refractivity contribution is 0.972. The second kappa shape index (κ2) is 5.33. The highest BCUT2D eigenvalue weighted by atomic mass is 32.2. The Morgan fingerprint density at radius 2 is 2.12 bits per heavy atom. The van der Waals surface area contributed by atoms with Gasteiger partial charge in [0.25, 0.3) is 0 Å². The van der Waals surface area contributed by atoms with Crippen LogP contribution in [0.2, 0.25) is 0 Å². The molecule has 4 nitrogen and oxygen atoms in total. The zero-order valence-electron chi connectivity index (χ0n) is 8.55. The zero-order valence-corrected chi connectivity index (χ0v) is 9.37. The molecule has 0 saturated carbocycles. The smallest absolute Gasteiger partial charge is 0.208 e. The molecule has 1 heterocycles. The summed E-state index contributed by atoms with van der Waals surface area (Å²) in [7, 11) is 0. The third kappa shape index (κ3) is 2.61. The molecule has 0 unspecified atom stereocenters. The predicted molar refractivity (Wildman–Crippen MR) is 62.8 cm³/mol. The quantitative estimate of drug-likeness (QED) is 0.647. The summed E-state index contributed by atoms with van der Waals surface area (Å²) in [4.78, 5) is 4.34. The van der Waals surface area contributed by atoms with Crippen molar-refractivity contribution in [3.63, 3.8) is 0 Å². The minimum atomic E-state index is 0.514. The molecule has 0 spiro atoms. The lowest BCUT2D eigenvalue weighted by atomic mass is 10.2. The number of nitriles is 1. The largest absolute Gasteiger partial charge is 0.258 e. The van der Waals surface area contributed by atoms with E-state index in [2.05, 4.69) is 21.3 Å². The van der Waals surface area contributed by atoms with Crippen LogP contribution in [-0.2, 0) is 0 Å². The average Bonchev–Trinajstić information content (AvgIpc) is 2.79. The molecule has 16 heavy (non-hydrogen) atoms. The first-order valence-corrected chi connectivity index (χ1v) is 5.86. The average molecular weight is 230 g/mol. The number of nitrogens with zero attached hydrogens (tertiary/aromatic N) is 3. The van der Waals surface area contributed by atoms with Gasteiger partial charge in [0.1, 0.15) is 0 Å². The van der Waals surface area contributed by atoms with Gasteiger partial charge in [0.05, 0.1) is 6.07 Å². The van der Waals surface area contributed by atoms with Gasteiger partial charge in [0.2, 0.25) is 5.16 Å². The summed E-state index contributed by atoms with van der Waals surface area (Å²) in [5.41, 5.74) is 1.02. The molecule has 0 aliphatic carbocycles. The molecule has 0 saturated heterocycles. The fourth-order valence-corrected chi connectivity index (χ4v) is 1.87. The van der Waals surface area contributed by atoms with Crippen LogP contribution in [0.1, 0.15) is 6.42 Å². The molecule has 0 amide bonds. The first-order valence-electron chi connectivity index (χ1n) is 4.88. The summed E-state index contributed by atoms with van der Waals surface area (Å²) >= 11 is 1.48. The van der Waals surface area contributed by atoms with E-state index in [9.17, 15) is 0 Å². The van der Waals surface area contributed by atoms with Crippen LogP contribution >= 0.6 is 11.8 Å². The van der Waals surface area contributed by atoms with Crippen LogP contribution in [0.5, 0.6) is 0 Å². The number of nitrogens with one attached hydrogen (secondary N) is 1. The number of benzene rings is 1. The van der Waals surface area contributed by atoms with Gasteiger partial charge in [-0.3, -0.25) is 5.10 Å². The van der Waals surface area contributed by atoms with E-state index in [-0.39, 0.29) is 0 Å². The molecule has 1 aromatic carbocycles. The third-order valence-corrected chi connectivity index (χ3v) is 2.81. The van der Waals surface area contributed by atoms with Gasteiger partial charge < -0.3 is 0 Å². The van der Waals surface area contributed by atoms with Gasteiger partial charge in [0, 0.05) is 17.7 Å². The van der Waals surface area contributed by atoms with Gasteiger partial charge in [-0.1, -0.05) is 42.1 Å². The first-order chi connectivity index (χ1) is 7.90. The van der Waals surface area contributed by atoms with Crippen molar-refractivity contribution in [1.29, 1.82) is 5.26 Å². The monoisotopic (exact) mass is 230 g/mol. The molecule has 1 N–H and O–H groups in total. The van der Waals surface area contributed by atoms with Crippen LogP contribution < -0.4 is 0 Å². The maximum atomic E-state index is 8.42. The van der Waals surface area contributed by atoms with Gasteiger partial charge in [-0.15, -0.1) is 5.10 Å². The predicted octanol–water partition coefficient (Wildman–Crippen LogP) is 2.48. The van der Waals surface area contributed by atoms with E-state index in [0.29, 0.717) is 11.6 Å². The number of thioether (sulfide) groups is 1. The lowest BCUT2D eigenvalue weighted by Crippen LogP contribution is -1.80. The Morgan fingerprint density at radius 1 is 1.31 bits per heavy atom. The number of aromatic nitrogens is 3. The molecule has 0 atom stereocenters. The van der Waals surface area contributed by atoms with Crippen LogP contribution in [-0.4, -0.2) is 20.9 Å². The maximum Gasteiger partial charge on any atom is 0.208 e. The zero-order chi connectivity index (χ0) is 11.2. The Labute approximate surface area is 97.7 Å². The summed E-state index contributed by atoms with van der Waals surface area (Å²) in [5, 5.41) is 16.1. The van der Waals surface area contributed by atoms with Crippen molar-refractivity contribution in [3.05, 3.63) is 30.3 Å². The number of aromatic amines is 1. The Kier molecular flexibility index (Phi) is 3.57. The molecule has 2 aromatic rings. The van der Waals surface area contributed by atoms with Crippen LogP contribution in [0, 0.1) is 11.3 Å². The van der Waals surface area contributed by atoms with Gasteiger partial charge in [-0.25, -0.2) is 4.98 Å². The minimum absolute atomic E-state index is 0.514. The number of hydrogen-bond acceptors (Lipinski definition) is 4. The lowest BCUT2D eigenvalue weighted by Gasteiger charge is -1.92. The van der Waals surface area contributed by atoms with Gasteiger partial charge in [-0.05, 0) is 0 Å². The van der Waals surface area contributed by atoms with E-state index < -0.39 is 0 Å². The summed E-state index contributed by atoms with van der Waals surface area (Å²) in [6.45, 7) is 0. The molecule has 0 aliphatic rings. The second-order valence-electron chi connectivity index (χ2n) is 3.09. The Bertz CT molecular complexity index is 486. The summed E-state index contributed by atoms with van der Waals surface area (Å²) in [6.07, 6.45) is 0.514. The van der Waals surface area contributed by atoms with Crippen molar-refractivity contribution in [2.24, 2.45) is 0 Å². The van der Waals surface area contributed by atoms with Gasteiger partial charge in [-0.2, -0.15) is 5.26 Å². The molecule has 0 aliphatic heterocycles. The maximum absolute atomic E-state index is 8.42. The highest BCUT2D eigenvalue weighted by molar-refractivity contribution is 7.99. The van der Waals surface area contributed by atoms with E-state index in [1.807, 2.05) is 30.3 Å². The van der Waals surface area contributed by atoms with Crippen molar-refractivity contribution in [3.8, 4) is 17.5 Å². The summed E-state index contributed by atoms with van der Waals surface area (Å²) in [5.74, 6) is 1.49. The van der Waals surface area contributed by atoms with Crippen LogP contribution in [0.15, 0.2) is 35.5 Å². The molecule has 0 radical (unpaired) electrons. The van der Waals surface area contributed by atoms with Crippen molar-refractivity contribution >= 4 is 11.8 Å². The summed E-state index contributed by atoms with van der Waals surface area (Å²) in [6, 6.07) is 11.9. The molecule has 80 valence electrons. The Balaban J connectivity index is 2.06. The van der Waals surface area contributed by atoms with E-state index >= 15 is 0 Å². The van der Waals surface area contributed by atoms with E-state index in [0.717, 1.165) is 17.1 Å². The van der Waals surface area contributed by atoms with Crippen molar-refractivity contribution in [2.75, 3.05) is 5.75 Å².